The van der Waals surface area contributed by atoms with E-state index in [-0.39, 0.29) is 24.4 Å². The zero-order valence-electron chi connectivity index (χ0n) is 13.8. The fourth-order valence-electron chi connectivity index (χ4n) is 3.86. The van der Waals surface area contributed by atoms with Gasteiger partial charge in [0.2, 0.25) is 5.91 Å². The Kier molecular flexibility index (Phi) is 5.11. The first kappa shape index (κ1) is 17.9. The van der Waals surface area contributed by atoms with E-state index in [2.05, 4.69) is 11.0 Å². The van der Waals surface area contributed by atoms with Gasteiger partial charge in [0, 0.05) is 35.2 Å². The number of hydrogen-bond donors (Lipinski definition) is 1. The van der Waals surface area contributed by atoms with Crippen LogP contribution in [0.5, 0.6) is 0 Å². The van der Waals surface area contributed by atoms with Crippen molar-refractivity contribution < 1.29 is 4.79 Å². The molecule has 0 spiro atoms. The van der Waals surface area contributed by atoms with Gasteiger partial charge < -0.3 is 15.5 Å². The van der Waals surface area contributed by atoms with E-state index in [4.69, 9.17) is 17.3 Å². The van der Waals surface area contributed by atoms with E-state index >= 15 is 0 Å². The summed E-state index contributed by atoms with van der Waals surface area (Å²) in [4.78, 5) is 17.1. The molecule has 0 aromatic heterocycles. The average molecular weight is 378 g/mol. The van der Waals surface area contributed by atoms with Crippen LogP contribution in [-0.2, 0) is 11.2 Å². The van der Waals surface area contributed by atoms with Gasteiger partial charge in [-0.2, -0.15) is 0 Å². The summed E-state index contributed by atoms with van der Waals surface area (Å²) in [5, 5.41) is 0.653. The van der Waals surface area contributed by atoms with Crippen molar-refractivity contribution in [1.82, 2.24) is 0 Å². The van der Waals surface area contributed by atoms with Crippen LogP contribution in [0, 0.1) is 0 Å². The molecular formula is C19H21Cl2N3O. The first-order chi connectivity index (χ1) is 11.6. The summed E-state index contributed by atoms with van der Waals surface area (Å²) in [6, 6.07) is 13.4. The molecule has 6 heteroatoms. The molecule has 2 aliphatic rings. The number of halogens is 2. The molecule has 1 fully saturated rings. The van der Waals surface area contributed by atoms with E-state index in [1.165, 1.54) is 5.56 Å². The molecule has 2 aromatic rings. The van der Waals surface area contributed by atoms with Crippen LogP contribution in [0.3, 0.4) is 0 Å². The van der Waals surface area contributed by atoms with E-state index in [0.717, 1.165) is 49.4 Å². The minimum atomic E-state index is -0.121. The molecule has 1 unspecified atom stereocenters. The molecule has 1 amide bonds. The number of anilines is 3. The molecule has 2 aliphatic heterocycles. The van der Waals surface area contributed by atoms with Gasteiger partial charge in [0.05, 0.1) is 0 Å². The Morgan fingerprint density at radius 1 is 1.12 bits per heavy atom. The molecule has 2 heterocycles. The lowest BCUT2D eigenvalue weighted by atomic mass is 9.98. The molecule has 4 rings (SSSR count). The van der Waals surface area contributed by atoms with Crippen molar-refractivity contribution >= 4 is 47.0 Å². The Labute approximate surface area is 159 Å². The van der Waals surface area contributed by atoms with Gasteiger partial charge in [0.25, 0.3) is 0 Å². The van der Waals surface area contributed by atoms with Gasteiger partial charge in [-0.1, -0.05) is 23.7 Å². The highest BCUT2D eigenvalue weighted by Crippen LogP contribution is 2.36. The Bertz CT molecular complexity index is 796. The fraction of sp³-hybridized carbons (Fsp3) is 0.316. The number of hydrogen-bond acceptors (Lipinski definition) is 3. The first-order valence-electron chi connectivity index (χ1n) is 8.36. The van der Waals surface area contributed by atoms with Crippen molar-refractivity contribution in [3.05, 3.63) is 53.1 Å². The van der Waals surface area contributed by atoms with E-state index in [9.17, 15) is 4.79 Å². The normalized spacial score (nSPS) is 19.6. The van der Waals surface area contributed by atoms with Crippen molar-refractivity contribution in [2.75, 3.05) is 28.6 Å². The predicted molar refractivity (Wildman–Crippen MR) is 106 cm³/mol. The number of nitrogens with zero attached hydrogens (tertiary/aromatic N) is 2. The lowest BCUT2D eigenvalue weighted by Gasteiger charge is -2.35. The third kappa shape index (κ3) is 3.16. The van der Waals surface area contributed by atoms with Crippen LogP contribution in [0.4, 0.5) is 17.1 Å². The van der Waals surface area contributed by atoms with Crippen LogP contribution in [0.2, 0.25) is 5.02 Å². The van der Waals surface area contributed by atoms with Crippen molar-refractivity contribution in [1.29, 1.82) is 0 Å². The largest absolute Gasteiger partial charge is 0.398 e. The van der Waals surface area contributed by atoms with Crippen molar-refractivity contribution in [2.24, 2.45) is 0 Å². The standard InChI is InChI=1S/C19H20ClN3O.ClH/c20-13-4-1-5-14(12-13)22-11-9-18(19(22)24)23-10-3-6-15-16(21)7-2-8-17(15)23;/h1-2,4-5,7-8,12,18H,3,6,9-11,21H2;1H. The van der Waals surface area contributed by atoms with Crippen LogP contribution in [0.1, 0.15) is 18.4 Å². The summed E-state index contributed by atoms with van der Waals surface area (Å²) in [7, 11) is 0. The minimum absolute atomic E-state index is 0. The highest BCUT2D eigenvalue weighted by atomic mass is 35.5. The molecule has 0 bridgehead atoms. The monoisotopic (exact) mass is 377 g/mol. The molecule has 0 saturated carbocycles. The van der Waals surface area contributed by atoms with Gasteiger partial charge in [0.1, 0.15) is 6.04 Å². The predicted octanol–water partition coefficient (Wildman–Crippen LogP) is 3.90. The van der Waals surface area contributed by atoms with Crippen molar-refractivity contribution in [2.45, 2.75) is 25.3 Å². The Hall–Kier alpha value is -1.91. The SMILES string of the molecule is Cl.Nc1cccc2c1CCCN2C1CCN(c2cccc(Cl)c2)C1=O. The summed E-state index contributed by atoms with van der Waals surface area (Å²) in [5.74, 6) is 0.146. The van der Waals surface area contributed by atoms with Crippen molar-refractivity contribution in [3.8, 4) is 0 Å². The molecule has 2 N–H and O–H groups in total. The molecule has 0 radical (unpaired) electrons. The molecule has 1 saturated heterocycles. The quantitative estimate of drug-likeness (QED) is 0.807. The van der Waals surface area contributed by atoms with Crippen LogP contribution in [-0.4, -0.2) is 25.0 Å². The lowest BCUT2D eigenvalue weighted by Crippen LogP contribution is -2.44. The second-order valence-corrected chi connectivity index (χ2v) is 6.85. The number of carbonyl (C=O) groups is 1. The smallest absolute Gasteiger partial charge is 0.249 e. The number of rotatable bonds is 2. The van der Waals surface area contributed by atoms with Crippen LogP contribution < -0.4 is 15.5 Å². The maximum atomic E-state index is 13.0. The number of nitrogen functional groups attached to an aromatic ring is 1. The summed E-state index contributed by atoms with van der Waals surface area (Å²) in [6.07, 6.45) is 2.83. The Balaban J connectivity index is 0.00000182. The van der Waals surface area contributed by atoms with Gasteiger partial charge in [-0.3, -0.25) is 4.79 Å². The maximum Gasteiger partial charge on any atom is 0.249 e. The fourth-order valence-corrected chi connectivity index (χ4v) is 4.04. The molecule has 4 nitrogen and oxygen atoms in total. The lowest BCUT2D eigenvalue weighted by molar-refractivity contribution is -0.118. The zero-order valence-corrected chi connectivity index (χ0v) is 15.4. The first-order valence-corrected chi connectivity index (χ1v) is 8.74. The number of amides is 1. The number of fused-ring (bicyclic) bond motifs is 1. The van der Waals surface area contributed by atoms with E-state index < -0.39 is 0 Å². The second-order valence-electron chi connectivity index (χ2n) is 6.42. The van der Waals surface area contributed by atoms with Crippen LogP contribution in [0.25, 0.3) is 0 Å². The number of carbonyl (C=O) groups excluding carboxylic acids is 1. The second kappa shape index (κ2) is 7.14. The zero-order chi connectivity index (χ0) is 16.7. The molecule has 25 heavy (non-hydrogen) atoms. The summed E-state index contributed by atoms with van der Waals surface area (Å²) in [5.41, 5.74) is 10.1. The van der Waals surface area contributed by atoms with Gasteiger partial charge in [0.15, 0.2) is 0 Å². The molecule has 2 aromatic carbocycles. The Morgan fingerprint density at radius 2 is 1.92 bits per heavy atom. The third-order valence-electron chi connectivity index (χ3n) is 5.00. The minimum Gasteiger partial charge on any atom is -0.398 e. The summed E-state index contributed by atoms with van der Waals surface area (Å²) < 4.78 is 0. The Morgan fingerprint density at radius 3 is 2.72 bits per heavy atom. The van der Waals surface area contributed by atoms with Crippen LogP contribution in [0.15, 0.2) is 42.5 Å². The van der Waals surface area contributed by atoms with Crippen LogP contribution >= 0.6 is 24.0 Å². The van der Waals surface area contributed by atoms with Crippen molar-refractivity contribution in [3.63, 3.8) is 0 Å². The maximum absolute atomic E-state index is 13.0. The van der Waals surface area contributed by atoms with Gasteiger partial charge in [-0.05, 0) is 55.2 Å². The third-order valence-corrected chi connectivity index (χ3v) is 5.23. The average Bonchev–Trinajstić information content (AvgIpc) is 2.96. The topological polar surface area (TPSA) is 49.6 Å². The van der Waals surface area contributed by atoms with E-state index in [1.54, 1.807) is 0 Å². The molecular weight excluding hydrogens is 357 g/mol. The van der Waals surface area contributed by atoms with E-state index in [0.29, 0.717) is 5.02 Å². The van der Waals surface area contributed by atoms with E-state index in [1.807, 2.05) is 41.3 Å². The van der Waals surface area contributed by atoms with Gasteiger partial charge in [-0.25, -0.2) is 0 Å². The number of nitrogens with two attached hydrogens (primary N) is 1. The summed E-state index contributed by atoms with van der Waals surface area (Å²) in [6.45, 7) is 1.62. The molecule has 132 valence electrons. The number of benzene rings is 2. The molecule has 1 atom stereocenters. The highest BCUT2D eigenvalue weighted by Gasteiger charge is 2.38. The van der Waals surface area contributed by atoms with Gasteiger partial charge in [-0.15, -0.1) is 12.4 Å². The summed E-state index contributed by atoms with van der Waals surface area (Å²) >= 11 is 6.08. The molecule has 0 aliphatic carbocycles. The van der Waals surface area contributed by atoms with Gasteiger partial charge >= 0.3 is 0 Å². The highest BCUT2D eigenvalue weighted by molar-refractivity contribution is 6.31.